The number of hydrogen-bond donors (Lipinski definition) is 3. The molecular weight excluding hydrogens is 304 g/mol. The molecule has 23 heavy (non-hydrogen) atoms. The molecule has 0 amide bonds. The van der Waals surface area contributed by atoms with Crippen LogP contribution in [-0.2, 0) is 6.42 Å². The third-order valence-corrected chi connectivity index (χ3v) is 3.11. The standard InChI is InChI=1S/C15H14N2O6/c1-2-3-9-10(12(18)19)6-8(7-11(9)13(20)21)14(22)23-15-16-4-5-17-15/h4-7H,2-3H2,1H3,(H,16,17)(H,18,19)(H,20,21). The molecule has 0 bridgehead atoms. The number of aromatic amines is 1. The maximum Gasteiger partial charge on any atom is 0.345 e. The zero-order chi connectivity index (χ0) is 17.0. The van der Waals surface area contributed by atoms with Gasteiger partial charge in [-0.3, -0.25) is 0 Å². The first-order chi connectivity index (χ1) is 10.9. The zero-order valence-electron chi connectivity index (χ0n) is 12.2. The van der Waals surface area contributed by atoms with E-state index in [9.17, 15) is 24.6 Å². The van der Waals surface area contributed by atoms with E-state index < -0.39 is 17.9 Å². The Morgan fingerprint density at radius 1 is 1.17 bits per heavy atom. The van der Waals surface area contributed by atoms with Gasteiger partial charge in [-0.05, 0) is 24.1 Å². The summed E-state index contributed by atoms with van der Waals surface area (Å²) in [4.78, 5) is 41.1. The van der Waals surface area contributed by atoms with Crippen LogP contribution < -0.4 is 4.74 Å². The molecule has 2 rings (SSSR count). The highest BCUT2D eigenvalue weighted by Gasteiger charge is 2.23. The summed E-state index contributed by atoms with van der Waals surface area (Å²) in [5.41, 5.74) is -0.436. The van der Waals surface area contributed by atoms with Crippen LogP contribution in [0.25, 0.3) is 0 Å². The summed E-state index contributed by atoms with van der Waals surface area (Å²) in [7, 11) is 0. The van der Waals surface area contributed by atoms with Crippen molar-refractivity contribution in [3.63, 3.8) is 0 Å². The number of carbonyl (C=O) groups is 3. The fourth-order valence-corrected chi connectivity index (χ4v) is 2.14. The van der Waals surface area contributed by atoms with Crippen LogP contribution in [0.3, 0.4) is 0 Å². The maximum absolute atomic E-state index is 12.1. The average molecular weight is 318 g/mol. The van der Waals surface area contributed by atoms with Crippen LogP contribution in [0, 0.1) is 0 Å². The number of carboxylic acids is 2. The number of carboxylic acid groups (broad SMARTS) is 2. The quantitative estimate of drug-likeness (QED) is 0.694. The molecular formula is C15H14N2O6. The van der Waals surface area contributed by atoms with Crippen molar-refractivity contribution < 1.29 is 29.3 Å². The molecule has 0 aliphatic rings. The van der Waals surface area contributed by atoms with Gasteiger partial charge in [0, 0.05) is 12.4 Å². The minimum atomic E-state index is -1.30. The summed E-state index contributed by atoms with van der Waals surface area (Å²) in [5, 5.41) is 18.6. The summed E-state index contributed by atoms with van der Waals surface area (Å²) in [6, 6.07) is 2.16. The molecule has 2 aromatic rings. The highest BCUT2D eigenvalue weighted by Crippen LogP contribution is 2.21. The first-order valence-electron chi connectivity index (χ1n) is 6.79. The van der Waals surface area contributed by atoms with Crippen molar-refractivity contribution in [2.75, 3.05) is 0 Å². The molecule has 8 heteroatoms. The van der Waals surface area contributed by atoms with E-state index >= 15 is 0 Å². The van der Waals surface area contributed by atoms with Crippen molar-refractivity contribution in [3.05, 3.63) is 46.8 Å². The highest BCUT2D eigenvalue weighted by molar-refractivity contribution is 6.01. The van der Waals surface area contributed by atoms with Crippen LogP contribution in [0.2, 0.25) is 0 Å². The van der Waals surface area contributed by atoms with Gasteiger partial charge in [0.2, 0.25) is 0 Å². The highest BCUT2D eigenvalue weighted by atomic mass is 16.5. The Bertz CT molecular complexity index is 716. The molecule has 0 aliphatic heterocycles. The molecule has 0 atom stereocenters. The predicted molar refractivity (Wildman–Crippen MR) is 77.9 cm³/mol. The molecule has 0 saturated carbocycles. The lowest BCUT2D eigenvalue weighted by Crippen LogP contribution is -2.16. The topological polar surface area (TPSA) is 130 Å². The van der Waals surface area contributed by atoms with Crippen molar-refractivity contribution in [3.8, 4) is 6.01 Å². The van der Waals surface area contributed by atoms with Gasteiger partial charge in [-0.1, -0.05) is 13.3 Å². The molecule has 1 heterocycles. The van der Waals surface area contributed by atoms with E-state index in [4.69, 9.17) is 4.74 Å². The van der Waals surface area contributed by atoms with Gasteiger partial charge in [-0.2, -0.15) is 0 Å². The minimum Gasteiger partial charge on any atom is -0.478 e. The summed E-state index contributed by atoms with van der Waals surface area (Å²) in [5.74, 6) is -3.50. The van der Waals surface area contributed by atoms with Crippen LogP contribution in [0.4, 0.5) is 0 Å². The van der Waals surface area contributed by atoms with Gasteiger partial charge in [0.05, 0.1) is 16.7 Å². The van der Waals surface area contributed by atoms with Gasteiger partial charge in [0.15, 0.2) is 0 Å². The molecule has 1 aromatic heterocycles. The molecule has 8 nitrogen and oxygen atoms in total. The number of aromatic nitrogens is 2. The minimum absolute atomic E-state index is 0.0682. The number of ether oxygens (including phenoxy) is 1. The summed E-state index contributed by atoms with van der Waals surface area (Å²) in [6.45, 7) is 1.80. The molecule has 1 aromatic carbocycles. The van der Waals surface area contributed by atoms with E-state index in [2.05, 4.69) is 9.97 Å². The number of nitrogens with one attached hydrogen (secondary N) is 1. The monoisotopic (exact) mass is 318 g/mol. The van der Waals surface area contributed by atoms with Gasteiger partial charge in [0.1, 0.15) is 0 Å². The summed E-state index contributed by atoms with van der Waals surface area (Å²) in [6.07, 6.45) is 3.66. The Labute approximate surface area is 130 Å². The van der Waals surface area contributed by atoms with E-state index in [-0.39, 0.29) is 34.7 Å². The molecule has 120 valence electrons. The lowest BCUT2D eigenvalue weighted by Gasteiger charge is -2.11. The molecule has 0 spiro atoms. The van der Waals surface area contributed by atoms with Crippen molar-refractivity contribution in [1.82, 2.24) is 9.97 Å². The second-order valence-electron chi connectivity index (χ2n) is 4.69. The Hall–Kier alpha value is -3.16. The van der Waals surface area contributed by atoms with Gasteiger partial charge in [0.25, 0.3) is 0 Å². The molecule has 0 fully saturated rings. The van der Waals surface area contributed by atoms with Crippen LogP contribution >= 0.6 is 0 Å². The van der Waals surface area contributed by atoms with Gasteiger partial charge >= 0.3 is 23.9 Å². The summed E-state index contributed by atoms with van der Waals surface area (Å²) < 4.78 is 4.92. The fourth-order valence-electron chi connectivity index (χ4n) is 2.14. The predicted octanol–water partition coefficient (Wildman–Crippen LogP) is 1.98. The van der Waals surface area contributed by atoms with E-state index in [1.54, 1.807) is 6.92 Å². The molecule has 3 N–H and O–H groups in total. The third-order valence-electron chi connectivity index (χ3n) is 3.11. The number of aromatic carboxylic acids is 2. The maximum atomic E-state index is 12.1. The largest absolute Gasteiger partial charge is 0.478 e. The molecule has 0 unspecified atom stereocenters. The normalized spacial score (nSPS) is 10.3. The second-order valence-corrected chi connectivity index (χ2v) is 4.69. The second kappa shape index (κ2) is 6.73. The van der Waals surface area contributed by atoms with Crippen LogP contribution in [-0.4, -0.2) is 38.1 Å². The number of benzene rings is 1. The molecule has 0 aliphatic carbocycles. The Morgan fingerprint density at radius 3 is 2.22 bits per heavy atom. The number of esters is 1. The molecule has 0 radical (unpaired) electrons. The SMILES string of the molecule is CCCc1c(C(=O)O)cc(C(=O)Oc2ncc[nH]2)cc1C(=O)O. The van der Waals surface area contributed by atoms with Crippen LogP contribution in [0.1, 0.15) is 50.0 Å². The van der Waals surface area contributed by atoms with Gasteiger partial charge in [-0.15, -0.1) is 0 Å². The van der Waals surface area contributed by atoms with Gasteiger partial charge < -0.3 is 19.9 Å². The van der Waals surface area contributed by atoms with Crippen molar-refractivity contribution in [2.45, 2.75) is 19.8 Å². The lowest BCUT2D eigenvalue weighted by molar-refractivity contribution is 0.0695. The first kappa shape index (κ1) is 16.2. The fraction of sp³-hybridized carbons (Fsp3) is 0.200. The number of nitrogens with zero attached hydrogens (tertiary/aromatic N) is 1. The van der Waals surface area contributed by atoms with Crippen LogP contribution in [0.5, 0.6) is 6.01 Å². The van der Waals surface area contributed by atoms with Crippen molar-refractivity contribution in [2.24, 2.45) is 0 Å². The van der Waals surface area contributed by atoms with E-state index in [1.165, 1.54) is 12.4 Å². The zero-order valence-corrected chi connectivity index (χ0v) is 12.2. The third kappa shape index (κ3) is 3.54. The number of rotatable bonds is 6. The Morgan fingerprint density at radius 2 is 1.78 bits per heavy atom. The number of hydrogen-bond acceptors (Lipinski definition) is 5. The van der Waals surface area contributed by atoms with Gasteiger partial charge in [-0.25, -0.2) is 19.4 Å². The number of H-pyrrole nitrogens is 1. The van der Waals surface area contributed by atoms with Crippen LogP contribution in [0.15, 0.2) is 24.5 Å². The number of carbonyl (C=O) groups excluding carboxylic acids is 1. The molecule has 0 saturated heterocycles. The summed E-state index contributed by atoms with van der Waals surface area (Å²) >= 11 is 0. The van der Waals surface area contributed by atoms with E-state index in [0.717, 1.165) is 12.1 Å². The first-order valence-corrected chi connectivity index (χ1v) is 6.79. The van der Waals surface area contributed by atoms with E-state index in [1.807, 2.05) is 0 Å². The van der Waals surface area contributed by atoms with Crippen molar-refractivity contribution >= 4 is 17.9 Å². The Kier molecular flexibility index (Phi) is 4.75. The Balaban J connectivity index is 2.50. The smallest absolute Gasteiger partial charge is 0.345 e. The van der Waals surface area contributed by atoms with Crippen molar-refractivity contribution in [1.29, 1.82) is 0 Å². The average Bonchev–Trinajstić information content (AvgIpc) is 2.99. The van der Waals surface area contributed by atoms with E-state index in [0.29, 0.717) is 6.42 Å². The lowest BCUT2D eigenvalue weighted by atomic mass is 9.94. The number of imidazole rings is 1.